The summed E-state index contributed by atoms with van der Waals surface area (Å²) in [7, 11) is 3.24. The number of hydrogen-bond donors (Lipinski definition) is 1. The quantitative estimate of drug-likeness (QED) is 0.366. The Morgan fingerprint density at radius 3 is 2.56 bits per heavy atom. The molecule has 34 heavy (non-hydrogen) atoms. The van der Waals surface area contributed by atoms with Crippen molar-refractivity contribution in [2.45, 2.75) is 19.9 Å². The second-order valence-electron chi connectivity index (χ2n) is 8.00. The largest absolute Gasteiger partial charge is 0.495 e. The van der Waals surface area contributed by atoms with Crippen LogP contribution in [0.15, 0.2) is 76.0 Å². The number of aryl methyl sites for hydroxylation is 1. The first-order chi connectivity index (χ1) is 16.3. The zero-order chi connectivity index (χ0) is 24.4. The van der Waals surface area contributed by atoms with Gasteiger partial charge in [0.15, 0.2) is 0 Å². The van der Waals surface area contributed by atoms with Gasteiger partial charge in [0.25, 0.3) is 5.56 Å². The lowest BCUT2D eigenvalue weighted by Gasteiger charge is -2.27. The van der Waals surface area contributed by atoms with Crippen molar-refractivity contribution in [1.29, 1.82) is 0 Å². The Balaban J connectivity index is 1.85. The predicted octanol–water partition coefficient (Wildman–Crippen LogP) is 5.69. The van der Waals surface area contributed by atoms with E-state index in [-0.39, 0.29) is 11.6 Å². The van der Waals surface area contributed by atoms with Crippen molar-refractivity contribution in [3.8, 4) is 11.4 Å². The van der Waals surface area contributed by atoms with E-state index >= 15 is 0 Å². The van der Waals surface area contributed by atoms with Crippen molar-refractivity contribution < 1.29 is 9.53 Å². The number of para-hydroxylation sites is 2. The molecule has 1 N–H and O–H groups in total. The summed E-state index contributed by atoms with van der Waals surface area (Å²) in [6, 6.07) is 19.3. The van der Waals surface area contributed by atoms with E-state index in [0.29, 0.717) is 33.9 Å². The average molecular weight is 521 g/mol. The number of carbonyl (C=O) groups excluding carboxylic acids is 1. The summed E-state index contributed by atoms with van der Waals surface area (Å²) in [4.78, 5) is 33.2. The summed E-state index contributed by atoms with van der Waals surface area (Å²) >= 11 is 3.45. The second kappa shape index (κ2) is 9.69. The van der Waals surface area contributed by atoms with Gasteiger partial charge in [-0.2, -0.15) is 0 Å². The van der Waals surface area contributed by atoms with Gasteiger partial charge in [-0.25, -0.2) is 9.78 Å². The summed E-state index contributed by atoms with van der Waals surface area (Å²) in [5, 5.41) is 3.39. The molecule has 0 radical (unpaired) electrons. The molecule has 0 saturated carbocycles. The molecule has 4 rings (SSSR count). The number of amides is 2. The van der Waals surface area contributed by atoms with Crippen LogP contribution in [-0.4, -0.2) is 34.6 Å². The number of nitrogens with zero attached hydrogens (tertiary/aromatic N) is 3. The number of nitrogens with one attached hydrogen (secondary N) is 1. The molecule has 174 valence electrons. The minimum atomic E-state index is -0.537. The molecule has 8 heteroatoms. The maximum absolute atomic E-state index is 13.7. The first-order valence-corrected chi connectivity index (χ1v) is 11.6. The third kappa shape index (κ3) is 4.41. The standard InChI is InChI=1S/C26H25BrN4O3/c1-16-13-14-23(34-4)22(15-16)31-24(28-20-11-7-5-9-18(20)25(31)32)17(2)30(3)26(33)29-21-12-8-6-10-19(21)27/h5-15,17H,1-4H3,(H,29,33). The Bertz CT molecular complexity index is 1430. The first-order valence-electron chi connectivity index (χ1n) is 10.8. The fraction of sp³-hybridized carbons (Fsp3) is 0.192. The molecule has 0 spiro atoms. The number of anilines is 1. The summed E-state index contributed by atoms with van der Waals surface area (Å²) in [6.07, 6.45) is 0. The Labute approximate surface area is 206 Å². The molecule has 2 amide bonds. The second-order valence-corrected chi connectivity index (χ2v) is 8.85. The average Bonchev–Trinajstić information content (AvgIpc) is 2.84. The van der Waals surface area contributed by atoms with Crippen LogP contribution in [-0.2, 0) is 0 Å². The molecule has 0 aliphatic heterocycles. The van der Waals surface area contributed by atoms with Crippen LogP contribution in [0.1, 0.15) is 24.4 Å². The van der Waals surface area contributed by atoms with Crippen molar-refractivity contribution in [3.63, 3.8) is 0 Å². The monoisotopic (exact) mass is 520 g/mol. The van der Waals surface area contributed by atoms with Crippen LogP contribution in [0.2, 0.25) is 0 Å². The van der Waals surface area contributed by atoms with Crippen LogP contribution in [0.4, 0.5) is 10.5 Å². The molecule has 0 saturated heterocycles. The van der Waals surface area contributed by atoms with Crippen molar-refractivity contribution in [1.82, 2.24) is 14.5 Å². The third-order valence-corrected chi connectivity index (χ3v) is 6.46. The van der Waals surface area contributed by atoms with Gasteiger partial charge in [0.2, 0.25) is 0 Å². The summed E-state index contributed by atoms with van der Waals surface area (Å²) in [6.45, 7) is 3.79. The number of urea groups is 1. The number of benzene rings is 3. The molecule has 1 heterocycles. The van der Waals surface area contributed by atoms with Gasteiger partial charge in [-0.1, -0.05) is 30.3 Å². The van der Waals surface area contributed by atoms with E-state index < -0.39 is 6.04 Å². The van der Waals surface area contributed by atoms with Crippen molar-refractivity contribution >= 4 is 38.6 Å². The highest BCUT2D eigenvalue weighted by Crippen LogP contribution is 2.29. The van der Waals surface area contributed by atoms with Crippen molar-refractivity contribution in [2.75, 3.05) is 19.5 Å². The number of fused-ring (bicyclic) bond motifs is 1. The maximum atomic E-state index is 13.7. The Morgan fingerprint density at radius 2 is 1.82 bits per heavy atom. The lowest BCUT2D eigenvalue weighted by atomic mass is 10.1. The number of rotatable bonds is 5. The zero-order valence-electron chi connectivity index (χ0n) is 19.4. The summed E-state index contributed by atoms with van der Waals surface area (Å²) in [5.41, 5.74) is 2.53. The number of methoxy groups -OCH3 is 1. The zero-order valence-corrected chi connectivity index (χ0v) is 21.0. The molecule has 1 atom stereocenters. The van der Waals surface area contributed by atoms with E-state index in [0.717, 1.165) is 10.0 Å². The van der Waals surface area contributed by atoms with Gasteiger partial charge in [0.1, 0.15) is 11.6 Å². The van der Waals surface area contributed by atoms with Crippen LogP contribution >= 0.6 is 15.9 Å². The lowest BCUT2D eigenvalue weighted by Crippen LogP contribution is -2.37. The van der Waals surface area contributed by atoms with E-state index in [9.17, 15) is 9.59 Å². The maximum Gasteiger partial charge on any atom is 0.322 e. The van der Waals surface area contributed by atoms with E-state index in [1.54, 1.807) is 30.9 Å². The molecule has 1 aromatic heterocycles. The topological polar surface area (TPSA) is 76.5 Å². The van der Waals surface area contributed by atoms with Gasteiger partial charge >= 0.3 is 6.03 Å². The minimum absolute atomic E-state index is 0.226. The van der Waals surface area contributed by atoms with E-state index in [1.807, 2.05) is 68.4 Å². The van der Waals surface area contributed by atoms with Gasteiger partial charge in [-0.15, -0.1) is 0 Å². The molecular weight excluding hydrogens is 496 g/mol. The smallest absolute Gasteiger partial charge is 0.322 e. The summed E-state index contributed by atoms with van der Waals surface area (Å²) in [5.74, 6) is 0.968. The van der Waals surface area contributed by atoms with Gasteiger partial charge in [-0.3, -0.25) is 9.36 Å². The van der Waals surface area contributed by atoms with Crippen LogP contribution in [0, 0.1) is 6.92 Å². The third-order valence-electron chi connectivity index (χ3n) is 5.77. The fourth-order valence-corrected chi connectivity index (χ4v) is 4.14. The highest BCUT2D eigenvalue weighted by atomic mass is 79.9. The Hall–Kier alpha value is -3.65. The van der Waals surface area contributed by atoms with Gasteiger partial charge in [0, 0.05) is 11.5 Å². The molecular formula is C26H25BrN4O3. The highest BCUT2D eigenvalue weighted by molar-refractivity contribution is 9.10. The van der Waals surface area contributed by atoms with Gasteiger partial charge in [-0.05, 0) is 71.7 Å². The van der Waals surface area contributed by atoms with Crippen LogP contribution < -0.4 is 15.6 Å². The van der Waals surface area contributed by atoms with E-state index in [1.165, 1.54) is 4.90 Å². The van der Waals surface area contributed by atoms with Crippen LogP contribution in [0.5, 0.6) is 5.75 Å². The van der Waals surface area contributed by atoms with Crippen molar-refractivity contribution in [3.05, 3.63) is 92.9 Å². The molecule has 0 fully saturated rings. The Kier molecular flexibility index (Phi) is 6.70. The molecule has 7 nitrogen and oxygen atoms in total. The van der Waals surface area contributed by atoms with Crippen LogP contribution in [0.25, 0.3) is 16.6 Å². The first kappa shape index (κ1) is 23.5. The minimum Gasteiger partial charge on any atom is -0.495 e. The highest BCUT2D eigenvalue weighted by Gasteiger charge is 2.25. The molecule has 1 unspecified atom stereocenters. The molecule has 3 aromatic carbocycles. The molecule has 4 aromatic rings. The summed E-state index contributed by atoms with van der Waals surface area (Å²) < 4.78 is 7.89. The predicted molar refractivity (Wildman–Crippen MR) is 138 cm³/mol. The molecule has 0 bridgehead atoms. The number of ether oxygens (including phenoxy) is 1. The number of hydrogen-bond acceptors (Lipinski definition) is 4. The Morgan fingerprint density at radius 1 is 1.12 bits per heavy atom. The molecule has 0 aliphatic rings. The van der Waals surface area contributed by atoms with Crippen LogP contribution in [0.3, 0.4) is 0 Å². The van der Waals surface area contributed by atoms with Gasteiger partial charge in [0.05, 0.1) is 35.4 Å². The fourth-order valence-electron chi connectivity index (χ4n) is 3.75. The van der Waals surface area contributed by atoms with E-state index in [2.05, 4.69) is 21.2 Å². The SMILES string of the molecule is COc1ccc(C)cc1-n1c(C(C)N(C)C(=O)Nc2ccccc2Br)nc2ccccc2c1=O. The number of aromatic nitrogens is 2. The normalized spacial score (nSPS) is 11.8. The van der Waals surface area contributed by atoms with E-state index in [4.69, 9.17) is 9.72 Å². The van der Waals surface area contributed by atoms with Gasteiger partial charge < -0.3 is 15.0 Å². The van der Waals surface area contributed by atoms with Crippen molar-refractivity contribution in [2.24, 2.45) is 0 Å². The number of carbonyl (C=O) groups is 1. The molecule has 0 aliphatic carbocycles. The lowest BCUT2D eigenvalue weighted by molar-refractivity contribution is 0.205. The number of halogens is 1.